The van der Waals surface area contributed by atoms with Crippen molar-refractivity contribution in [2.45, 2.75) is 25.8 Å². The largest absolute Gasteiger partial charge is 0.345 e. The Morgan fingerprint density at radius 2 is 1.81 bits per heavy atom. The maximum absolute atomic E-state index is 13.5. The van der Waals surface area contributed by atoms with Crippen LogP contribution in [0.1, 0.15) is 30.1 Å². The average Bonchev–Trinajstić information content (AvgIpc) is 2.61. The number of hydrogen-bond donors (Lipinski definition) is 2. The fourth-order valence-corrected chi connectivity index (χ4v) is 2.41. The molecule has 136 valence electrons. The van der Waals surface area contributed by atoms with E-state index in [0.717, 1.165) is 0 Å². The molecule has 0 aliphatic carbocycles. The van der Waals surface area contributed by atoms with Crippen molar-refractivity contribution in [3.05, 3.63) is 64.9 Å². The highest BCUT2D eigenvalue weighted by Crippen LogP contribution is 2.14. The van der Waals surface area contributed by atoms with Crippen LogP contribution < -0.4 is 10.6 Å². The first-order chi connectivity index (χ1) is 12.4. The molecule has 7 heteroatoms. The molecule has 0 saturated carbocycles. The van der Waals surface area contributed by atoms with Gasteiger partial charge in [0.1, 0.15) is 11.9 Å². The van der Waals surface area contributed by atoms with Crippen molar-refractivity contribution in [3.63, 3.8) is 0 Å². The van der Waals surface area contributed by atoms with Gasteiger partial charge in [-0.25, -0.2) is 4.39 Å². The van der Waals surface area contributed by atoms with Gasteiger partial charge in [0.05, 0.1) is 5.69 Å². The van der Waals surface area contributed by atoms with Gasteiger partial charge in [-0.05, 0) is 31.2 Å². The predicted octanol–water partition coefficient (Wildman–Crippen LogP) is 3.59. The summed E-state index contributed by atoms with van der Waals surface area (Å²) in [6, 6.07) is 11.3. The third kappa shape index (κ3) is 5.67. The van der Waals surface area contributed by atoms with Crippen molar-refractivity contribution in [1.29, 1.82) is 0 Å². The molecule has 2 aromatic carbocycles. The summed E-state index contributed by atoms with van der Waals surface area (Å²) in [6.07, 6.45) is -0.0729. The van der Waals surface area contributed by atoms with Crippen LogP contribution in [-0.4, -0.2) is 23.6 Å². The molecule has 0 heterocycles. The number of halogens is 2. The van der Waals surface area contributed by atoms with Crippen LogP contribution in [0.3, 0.4) is 0 Å². The Morgan fingerprint density at radius 3 is 2.50 bits per heavy atom. The maximum Gasteiger partial charge on any atom is 0.246 e. The third-order valence-electron chi connectivity index (χ3n) is 3.63. The molecule has 0 aromatic heterocycles. The summed E-state index contributed by atoms with van der Waals surface area (Å²) < 4.78 is 13.5. The molecule has 0 saturated heterocycles. The minimum absolute atomic E-state index is 0.00612. The topological polar surface area (TPSA) is 75.3 Å². The molecule has 26 heavy (non-hydrogen) atoms. The summed E-state index contributed by atoms with van der Waals surface area (Å²) in [7, 11) is 0. The second-order valence-corrected chi connectivity index (χ2v) is 6.13. The quantitative estimate of drug-likeness (QED) is 0.725. The fourth-order valence-electron chi connectivity index (χ4n) is 2.22. The molecule has 0 aliphatic heterocycles. The van der Waals surface area contributed by atoms with Gasteiger partial charge in [0, 0.05) is 23.4 Å². The number of ketones is 1. The van der Waals surface area contributed by atoms with Crippen LogP contribution >= 0.6 is 11.6 Å². The summed E-state index contributed by atoms with van der Waals surface area (Å²) in [4.78, 5) is 36.0. The van der Waals surface area contributed by atoms with Crippen molar-refractivity contribution in [2.75, 3.05) is 5.32 Å². The second-order valence-electron chi connectivity index (χ2n) is 5.69. The zero-order valence-corrected chi connectivity index (χ0v) is 14.8. The monoisotopic (exact) mass is 376 g/mol. The van der Waals surface area contributed by atoms with Crippen LogP contribution in [0.5, 0.6) is 0 Å². The van der Waals surface area contributed by atoms with Crippen molar-refractivity contribution in [1.82, 2.24) is 5.32 Å². The van der Waals surface area contributed by atoms with Gasteiger partial charge >= 0.3 is 0 Å². The summed E-state index contributed by atoms with van der Waals surface area (Å²) in [5.41, 5.74) is 0.463. The molecular weight excluding hydrogens is 359 g/mol. The number of amides is 2. The summed E-state index contributed by atoms with van der Waals surface area (Å²) >= 11 is 5.83. The number of Topliss-reactive ketones (excluding diaryl/α,β-unsaturated/α-hetero) is 1. The Bertz CT molecular complexity index is 826. The molecular formula is C19H18ClFN2O3. The zero-order chi connectivity index (χ0) is 19.1. The van der Waals surface area contributed by atoms with E-state index in [-0.39, 0.29) is 24.3 Å². The molecule has 0 radical (unpaired) electrons. The van der Waals surface area contributed by atoms with E-state index in [1.807, 2.05) is 0 Å². The predicted molar refractivity (Wildman–Crippen MR) is 97.7 cm³/mol. The van der Waals surface area contributed by atoms with Crippen molar-refractivity contribution >= 4 is 34.9 Å². The Labute approximate surface area is 155 Å². The van der Waals surface area contributed by atoms with Crippen LogP contribution in [0.15, 0.2) is 48.5 Å². The van der Waals surface area contributed by atoms with Crippen LogP contribution in [0.25, 0.3) is 0 Å². The molecule has 1 unspecified atom stereocenters. The minimum atomic E-state index is -0.872. The van der Waals surface area contributed by atoms with Crippen molar-refractivity contribution in [2.24, 2.45) is 0 Å². The first-order valence-electron chi connectivity index (χ1n) is 8.00. The van der Waals surface area contributed by atoms with Crippen molar-refractivity contribution in [3.8, 4) is 0 Å². The molecule has 2 N–H and O–H groups in total. The molecule has 5 nitrogen and oxygen atoms in total. The SMILES string of the molecule is CC(NC(=O)CCC(=O)c1cccc(Cl)c1)C(=O)Nc1ccccc1F. The number of carbonyl (C=O) groups excluding carboxylic acids is 3. The minimum Gasteiger partial charge on any atom is -0.345 e. The highest BCUT2D eigenvalue weighted by atomic mass is 35.5. The van der Waals surface area contributed by atoms with Crippen LogP contribution in [0.4, 0.5) is 10.1 Å². The van der Waals surface area contributed by atoms with E-state index >= 15 is 0 Å². The highest BCUT2D eigenvalue weighted by molar-refractivity contribution is 6.31. The molecule has 2 amide bonds. The first-order valence-corrected chi connectivity index (χ1v) is 8.38. The lowest BCUT2D eigenvalue weighted by atomic mass is 10.1. The number of anilines is 1. The van der Waals surface area contributed by atoms with Crippen LogP contribution in [0, 0.1) is 5.82 Å². The number of carbonyl (C=O) groups is 3. The zero-order valence-electron chi connectivity index (χ0n) is 14.1. The maximum atomic E-state index is 13.5. The van der Waals surface area contributed by atoms with Gasteiger partial charge < -0.3 is 10.6 Å². The molecule has 1 atom stereocenters. The number of benzene rings is 2. The lowest BCUT2D eigenvalue weighted by Crippen LogP contribution is -2.41. The van der Waals surface area contributed by atoms with Gasteiger partial charge in [-0.1, -0.05) is 35.9 Å². The van der Waals surface area contributed by atoms with E-state index in [2.05, 4.69) is 10.6 Å². The van der Waals surface area contributed by atoms with Crippen molar-refractivity contribution < 1.29 is 18.8 Å². The van der Waals surface area contributed by atoms with Gasteiger partial charge in [0.15, 0.2) is 5.78 Å². The van der Waals surface area contributed by atoms with E-state index in [1.54, 1.807) is 24.3 Å². The fraction of sp³-hybridized carbons (Fsp3) is 0.211. The van der Waals surface area contributed by atoms with E-state index in [4.69, 9.17) is 11.6 Å². The lowest BCUT2D eigenvalue weighted by Gasteiger charge is -2.14. The summed E-state index contributed by atoms with van der Waals surface area (Å²) in [6.45, 7) is 1.48. The number of hydrogen-bond acceptors (Lipinski definition) is 3. The number of rotatable bonds is 7. The van der Waals surface area contributed by atoms with Gasteiger partial charge in [-0.2, -0.15) is 0 Å². The molecule has 0 bridgehead atoms. The molecule has 0 spiro atoms. The molecule has 2 aromatic rings. The van der Waals surface area contributed by atoms with Gasteiger partial charge in [0.2, 0.25) is 11.8 Å². The van der Waals surface area contributed by atoms with Crippen LogP contribution in [-0.2, 0) is 9.59 Å². The summed E-state index contributed by atoms with van der Waals surface area (Å²) in [5, 5.41) is 5.33. The van der Waals surface area contributed by atoms with Gasteiger partial charge in [-0.3, -0.25) is 14.4 Å². The summed E-state index contributed by atoms with van der Waals surface area (Å²) in [5.74, 6) is -1.78. The average molecular weight is 377 g/mol. The first kappa shape index (κ1) is 19.6. The van der Waals surface area contributed by atoms with E-state index in [1.165, 1.54) is 31.2 Å². The number of para-hydroxylation sites is 1. The Balaban J connectivity index is 1.82. The second kappa shape index (κ2) is 9.10. The lowest BCUT2D eigenvalue weighted by molar-refractivity contribution is -0.126. The standard InChI is InChI=1S/C19H18ClFN2O3/c1-12(19(26)23-16-8-3-2-7-15(16)21)22-18(25)10-9-17(24)13-5-4-6-14(20)11-13/h2-8,11-12H,9-10H2,1H3,(H,22,25)(H,23,26). The van der Waals surface area contributed by atoms with E-state index in [9.17, 15) is 18.8 Å². The smallest absolute Gasteiger partial charge is 0.246 e. The Hall–Kier alpha value is -2.73. The Kier molecular flexibility index (Phi) is 6.86. The normalized spacial score (nSPS) is 11.5. The van der Waals surface area contributed by atoms with E-state index in [0.29, 0.717) is 10.6 Å². The Morgan fingerprint density at radius 1 is 1.08 bits per heavy atom. The highest BCUT2D eigenvalue weighted by Gasteiger charge is 2.18. The third-order valence-corrected chi connectivity index (χ3v) is 3.86. The molecule has 2 rings (SSSR count). The molecule has 0 fully saturated rings. The van der Waals surface area contributed by atoms with E-state index < -0.39 is 23.7 Å². The van der Waals surface area contributed by atoms with Crippen LogP contribution in [0.2, 0.25) is 5.02 Å². The molecule has 0 aliphatic rings. The van der Waals surface area contributed by atoms with Gasteiger partial charge in [-0.15, -0.1) is 0 Å². The number of nitrogens with one attached hydrogen (secondary N) is 2. The van der Waals surface area contributed by atoms with Gasteiger partial charge in [0.25, 0.3) is 0 Å².